The summed E-state index contributed by atoms with van der Waals surface area (Å²) in [4.78, 5) is 14.4. The highest BCUT2D eigenvalue weighted by Gasteiger charge is 2.36. The van der Waals surface area contributed by atoms with E-state index in [0.29, 0.717) is 24.6 Å². The van der Waals surface area contributed by atoms with Gasteiger partial charge in [-0.15, -0.1) is 0 Å². The van der Waals surface area contributed by atoms with E-state index in [9.17, 15) is 13.2 Å². The smallest absolute Gasteiger partial charge is 0.261 e. The zero-order chi connectivity index (χ0) is 19.7. The maximum Gasteiger partial charge on any atom is 0.261 e. The van der Waals surface area contributed by atoms with Crippen molar-refractivity contribution in [2.75, 3.05) is 22.8 Å². The zero-order valence-electron chi connectivity index (χ0n) is 15.8. The van der Waals surface area contributed by atoms with Gasteiger partial charge < -0.3 is 9.64 Å². The van der Waals surface area contributed by atoms with Crippen LogP contribution in [-0.2, 0) is 21.2 Å². The molecule has 0 radical (unpaired) electrons. The molecule has 7 heteroatoms. The van der Waals surface area contributed by atoms with E-state index in [0.717, 1.165) is 36.9 Å². The molecular formula is C21H24N2O4S. The van der Waals surface area contributed by atoms with Gasteiger partial charge in [0.2, 0.25) is 5.91 Å². The molecule has 28 heavy (non-hydrogen) atoms. The molecule has 2 aliphatic rings. The molecule has 0 spiro atoms. The Bertz CT molecular complexity index is 982. The van der Waals surface area contributed by atoms with Gasteiger partial charge >= 0.3 is 0 Å². The number of anilines is 2. The van der Waals surface area contributed by atoms with Crippen molar-refractivity contribution in [2.24, 2.45) is 5.92 Å². The van der Waals surface area contributed by atoms with Gasteiger partial charge in [-0.2, -0.15) is 0 Å². The summed E-state index contributed by atoms with van der Waals surface area (Å²) in [7, 11) is -3.72. The fourth-order valence-electron chi connectivity index (χ4n) is 3.37. The van der Waals surface area contributed by atoms with Gasteiger partial charge in [-0.25, -0.2) is 8.42 Å². The van der Waals surface area contributed by atoms with Crippen LogP contribution in [0.1, 0.15) is 31.7 Å². The topological polar surface area (TPSA) is 75.7 Å². The average Bonchev–Trinajstić information content (AvgIpc) is 3.46. The lowest BCUT2D eigenvalue weighted by atomic mass is 10.1. The van der Waals surface area contributed by atoms with Crippen molar-refractivity contribution in [2.45, 2.75) is 37.5 Å². The van der Waals surface area contributed by atoms with Crippen LogP contribution in [-0.4, -0.2) is 27.5 Å². The number of hydrogen-bond donors (Lipinski definition) is 1. The first-order valence-electron chi connectivity index (χ1n) is 9.68. The number of amides is 1. The molecule has 6 nitrogen and oxygen atoms in total. The first-order chi connectivity index (χ1) is 13.5. The van der Waals surface area contributed by atoms with Gasteiger partial charge in [0.25, 0.3) is 10.0 Å². The van der Waals surface area contributed by atoms with Crippen LogP contribution in [0.3, 0.4) is 0 Å². The van der Waals surface area contributed by atoms with Gasteiger partial charge in [0.1, 0.15) is 5.75 Å². The summed E-state index contributed by atoms with van der Waals surface area (Å²) < 4.78 is 33.6. The summed E-state index contributed by atoms with van der Waals surface area (Å²) in [5, 5.41) is 0. The molecule has 0 aromatic heterocycles. The van der Waals surface area contributed by atoms with Crippen LogP contribution in [0.2, 0.25) is 0 Å². The van der Waals surface area contributed by atoms with Crippen molar-refractivity contribution in [3.63, 3.8) is 0 Å². The number of sulfonamides is 1. The first-order valence-corrected chi connectivity index (χ1v) is 11.2. The monoisotopic (exact) mass is 400 g/mol. The molecule has 4 rings (SSSR count). The van der Waals surface area contributed by atoms with Crippen molar-refractivity contribution < 1.29 is 17.9 Å². The number of carbonyl (C=O) groups excluding carboxylic acids is 1. The van der Waals surface area contributed by atoms with E-state index in [1.165, 1.54) is 12.1 Å². The van der Waals surface area contributed by atoms with Crippen molar-refractivity contribution in [1.29, 1.82) is 0 Å². The van der Waals surface area contributed by atoms with E-state index < -0.39 is 10.0 Å². The molecule has 0 unspecified atom stereocenters. The van der Waals surface area contributed by atoms with Crippen LogP contribution in [0.15, 0.2) is 47.4 Å². The zero-order valence-corrected chi connectivity index (χ0v) is 16.7. The summed E-state index contributed by atoms with van der Waals surface area (Å²) in [6, 6.07) is 11.8. The van der Waals surface area contributed by atoms with E-state index in [4.69, 9.17) is 4.74 Å². The van der Waals surface area contributed by atoms with Crippen molar-refractivity contribution >= 4 is 27.3 Å². The van der Waals surface area contributed by atoms with Gasteiger partial charge in [0, 0.05) is 18.2 Å². The highest BCUT2D eigenvalue weighted by molar-refractivity contribution is 7.92. The maximum atomic E-state index is 12.7. The summed E-state index contributed by atoms with van der Waals surface area (Å²) in [6.45, 7) is 3.27. The quantitative estimate of drug-likeness (QED) is 0.771. The predicted octanol–water partition coefficient (Wildman–Crippen LogP) is 3.58. The third kappa shape index (κ3) is 3.85. The largest absolute Gasteiger partial charge is 0.494 e. The Hall–Kier alpha value is -2.54. The number of benzene rings is 2. The minimum absolute atomic E-state index is 0.139. The maximum absolute atomic E-state index is 12.7. The molecule has 0 saturated heterocycles. The molecule has 148 valence electrons. The molecule has 1 saturated carbocycles. The summed E-state index contributed by atoms with van der Waals surface area (Å²) in [5.74, 6) is 0.939. The minimum Gasteiger partial charge on any atom is -0.494 e. The Kier molecular flexibility index (Phi) is 5.02. The predicted molar refractivity (Wildman–Crippen MR) is 108 cm³/mol. The highest BCUT2D eigenvalue weighted by atomic mass is 32.2. The SMILES string of the molecule is CCCOc1ccc(S(=O)(=O)Nc2ccc3c(c2)N(C(=O)C2CC2)CC3)cc1. The molecule has 1 heterocycles. The number of nitrogens with zero attached hydrogens (tertiary/aromatic N) is 1. The lowest BCUT2D eigenvalue weighted by Crippen LogP contribution is -2.30. The number of ether oxygens (including phenoxy) is 1. The van der Waals surface area contributed by atoms with Crippen LogP contribution in [0, 0.1) is 5.92 Å². The summed E-state index contributed by atoms with van der Waals surface area (Å²) >= 11 is 0. The van der Waals surface area contributed by atoms with E-state index in [2.05, 4.69) is 4.72 Å². The third-order valence-corrected chi connectivity index (χ3v) is 6.43. The Morgan fingerprint density at radius 3 is 2.61 bits per heavy atom. The van der Waals surface area contributed by atoms with Gasteiger partial charge in [0.05, 0.1) is 17.2 Å². The molecule has 1 N–H and O–H groups in total. The van der Waals surface area contributed by atoms with E-state index >= 15 is 0 Å². The fourth-order valence-corrected chi connectivity index (χ4v) is 4.42. The number of nitrogens with one attached hydrogen (secondary N) is 1. The number of fused-ring (bicyclic) bond motifs is 1. The Balaban J connectivity index is 1.52. The molecule has 0 bridgehead atoms. The summed E-state index contributed by atoms with van der Waals surface area (Å²) in [5.41, 5.74) is 2.36. The standard InChI is InChI=1S/C21H24N2O4S/c1-2-13-27-18-7-9-19(10-8-18)28(25,26)22-17-6-5-15-11-12-23(20(15)14-17)21(24)16-3-4-16/h5-10,14,16,22H,2-4,11-13H2,1H3. The van der Waals surface area contributed by atoms with Crippen molar-refractivity contribution in [3.05, 3.63) is 48.0 Å². The second-order valence-electron chi connectivity index (χ2n) is 7.28. The van der Waals surface area contributed by atoms with Crippen LogP contribution in [0.4, 0.5) is 11.4 Å². The van der Waals surface area contributed by atoms with Crippen LogP contribution in [0.5, 0.6) is 5.75 Å². The second kappa shape index (κ2) is 7.47. The van der Waals surface area contributed by atoms with Crippen LogP contribution in [0.25, 0.3) is 0 Å². The molecule has 1 amide bonds. The van der Waals surface area contributed by atoms with E-state index in [-0.39, 0.29) is 16.7 Å². The Morgan fingerprint density at radius 1 is 1.18 bits per heavy atom. The van der Waals surface area contributed by atoms with E-state index in [1.807, 2.05) is 13.0 Å². The van der Waals surface area contributed by atoms with E-state index in [1.54, 1.807) is 29.2 Å². The van der Waals surface area contributed by atoms with Crippen LogP contribution >= 0.6 is 0 Å². The number of carbonyl (C=O) groups is 1. The molecule has 2 aromatic carbocycles. The lowest BCUT2D eigenvalue weighted by molar-refractivity contribution is -0.119. The molecule has 2 aromatic rings. The molecule has 1 aliphatic carbocycles. The van der Waals surface area contributed by atoms with Gasteiger partial charge in [-0.3, -0.25) is 9.52 Å². The first kappa shape index (κ1) is 18.8. The second-order valence-corrected chi connectivity index (χ2v) is 8.97. The summed E-state index contributed by atoms with van der Waals surface area (Å²) in [6.07, 6.45) is 3.60. The molecule has 1 aliphatic heterocycles. The van der Waals surface area contributed by atoms with Gasteiger partial charge in [-0.1, -0.05) is 13.0 Å². The highest BCUT2D eigenvalue weighted by Crippen LogP contribution is 2.37. The Labute approximate surface area is 165 Å². The normalized spacial score (nSPS) is 16.0. The Morgan fingerprint density at radius 2 is 1.93 bits per heavy atom. The van der Waals surface area contributed by atoms with Crippen LogP contribution < -0.4 is 14.4 Å². The van der Waals surface area contributed by atoms with Gasteiger partial charge in [-0.05, 0) is 67.6 Å². The average molecular weight is 401 g/mol. The molecular weight excluding hydrogens is 376 g/mol. The lowest BCUT2D eigenvalue weighted by Gasteiger charge is -2.18. The van der Waals surface area contributed by atoms with Crippen molar-refractivity contribution in [1.82, 2.24) is 0 Å². The third-order valence-electron chi connectivity index (χ3n) is 5.03. The van der Waals surface area contributed by atoms with Gasteiger partial charge in [0.15, 0.2) is 0 Å². The molecule has 1 fully saturated rings. The van der Waals surface area contributed by atoms with Crippen molar-refractivity contribution in [3.8, 4) is 5.75 Å². The number of rotatable bonds is 7. The fraction of sp³-hybridized carbons (Fsp3) is 0.381. The molecule has 0 atom stereocenters. The minimum atomic E-state index is -3.72. The number of hydrogen-bond acceptors (Lipinski definition) is 4.